The number of aryl methyl sites for hydroxylation is 1. The highest BCUT2D eigenvalue weighted by Crippen LogP contribution is 2.27. The number of hydrogen-bond acceptors (Lipinski definition) is 7. The van der Waals surface area contributed by atoms with Crippen LogP contribution in [0.5, 0.6) is 5.75 Å². The van der Waals surface area contributed by atoms with E-state index in [4.69, 9.17) is 4.74 Å². The fraction of sp³-hybridized carbons (Fsp3) is 0.286. The molecule has 3 aromatic rings. The Labute approximate surface area is 185 Å². The Bertz CT molecular complexity index is 1130. The van der Waals surface area contributed by atoms with Crippen LogP contribution in [0.25, 0.3) is 10.6 Å². The van der Waals surface area contributed by atoms with Gasteiger partial charge in [-0.15, -0.1) is 10.2 Å². The molecule has 1 heterocycles. The molecule has 0 radical (unpaired) electrons. The Morgan fingerprint density at radius 1 is 1.10 bits per heavy atom. The second-order valence-corrected chi connectivity index (χ2v) is 9.85. The van der Waals surface area contributed by atoms with Crippen molar-refractivity contribution in [2.75, 3.05) is 29.5 Å². The predicted octanol–water partition coefficient (Wildman–Crippen LogP) is 3.71. The molecule has 10 heteroatoms. The molecule has 0 aliphatic rings. The van der Waals surface area contributed by atoms with Gasteiger partial charge >= 0.3 is 0 Å². The van der Waals surface area contributed by atoms with Gasteiger partial charge in [-0.2, -0.15) is 0 Å². The summed E-state index contributed by atoms with van der Waals surface area (Å²) in [7, 11) is -1.94. The zero-order valence-electron chi connectivity index (χ0n) is 17.5. The van der Waals surface area contributed by atoms with Crippen LogP contribution in [-0.2, 0) is 14.8 Å². The third-order valence-electron chi connectivity index (χ3n) is 4.50. The highest BCUT2D eigenvalue weighted by atomic mass is 32.2. The first-order chi connectivity index (χ1) is 14.8. The smallest absolute Gasteiger partial charge is 0.232 e. The summed E-state index contributed by atoms with van der Waals surface area (Å²) in [5, 5.41) is 12.0. The number of methoxy groups -OCH3 is 1. The molecule has 0 spiro atoms. The van der Waals surface area contributed by atoms with Gasteiger partial charge in [0.05, 0.1) is 19.1 Å². The SMILES string of the molecule is COc1ccc(N(CCCC(=O)Nc2nnc(-c3ccc(C)cc3)s2)S(C)(=O)=O)cc1. The highest BCUT2D eigenvalue weighted by molar-refractivity contribution is 7.92. The van der Waals surface area contributed by atoms with Crippen LogP contribution >= 0.6 is 11.3 Å². The monoisotopic (exact) mass is 460 g/mol. The molecule has 8 nitrogen and oxygen atoms in total. The van der Waals surface area contributed by atoms with Crippen LogP contribution in [-0.4, -0.2) is 44.4 Å². The summed E-state index contributed by atoms with van der Waals surface area (Å²) in [4.78, 5) is 12.3. The van der Waals surface area contributed by atoms with Crippen LogP contribution in [0.4, 0.5) is 10.8 Å². The molecule has 1 N–H and O–H groups in total. The second kappa shape index (κ2) is 9.88. The van der Waals surface area contributed by atoms with E-state index in [1.165, 1.54) is 15.6 Å². The van der Waals surface area contributed by atoms with Crippen molar-refractivity contribution in [3.8, 4) is 16.3 Å². The van der Waals surface area contributed by atoms with E-state index >= 15 is 0 Å². The number of rotatable bonds is 9. The number of sulfonamides is 1. The number of benzene rings is 2. The van der Waals surface area contributed by atoms with Crippen LogP contribution in [0.15, 0.2) is 48.5 Å². The molecule has 3 rings (SSSR count). The van der Waals surface area contributed by atoms with Gasteiger partial charge in [-0.25, -0.2) is 8.42 Å². The highest BCUT2D eigenvalue weighted by Gasteiger charge is 2.18. The molecule has 0 aliphatic carbocycles. The van der Waals surface area contributed by atoms with Crippen molar-refractivity contribution in [3.63, 3.8) is 0 Å². The van der Waals surface area contributed by atoms with Crippen molar-refractivity contribution in [1.29, 1.82) is 0 Å². The molecule has 0 unspecified atom stereocenters. The van der Waals surface area contributed by atoms with Gasteiger partial charge in [0.15, 0.2) is 0 Å². The van der Waals surface area contributed by atoms with E-state index in [2.05, 4.69) is 15.5 Å². The molecule has 0 aliphatic heterocycles. The maximum atomic E-state index is 12.3. The molecule has 0 bridgehead atoms. The summed E-state index contributed by atoms with van der Waals surface area (Å²) in [6.45, 7) is 2.19. The van der Waals surface area contributed by atoms with Gasteiger partial charge in [0.2, 0.25) is 21.1 Å². The van der Waals surface area contributed by atoms with E-state index in [9.17, 15) is 13.2 Å². The van der Waals surface area contributed by atoms with Crippen molar-refractivity contribution in [2.24, 2.45) is 0 Å². The third kappa shape index (κ3) is 6.25. The number of ether oxygens (including phenoxy) is 1. The van der Waals surface area contributed by atoms with E-state index in [1.54, 1.807) is 31.4 Å². The van der Waals surface area contributed by atoms with Gasteiger partial charge in [-0.3, -0.25) is 9.10 Å². The molecular weight excluding hydrogens is 436 g/mol. The Balaban J connectivity index is 1.56. The van der Waals surface area contributed by atoms with Crippen molar-refractivity contribution >= 4 is 38.1 Å². The van der Waals surface area contributed by atoms with E-state index in [0.29, 0.717) is 23.0 Å². The first-order valence-corrected chi connectivity index (χ1v) is 12.2. The first kappa shape index (κ1) is 22.7. The molecule has 2 aromatic carbocycles. The van der Waals surface area contributed by atoms with E-state index in [0.717, 1.165) is 22.4 Å². The molecule has 0 fully saturated rings. The first-order valence-electron chi connectivity index (χ1n) is 9.58. The number of nitrogens with one attached hydrogen (secondary N) is 1. The molecule has 0 saturated heterocycles. The number of nitrogens with zero attached hydrogens (tertiary/aromatic N) is 3. The van der Waals surface area contributed by atoms with Crippen molar-refractivity contribution in [1.82, 2.24) is 10.2 Å². The number of amides is 1. The van der Waals surface area contributed by atoms with E-state index in [-0.39, 0.29) is 18.9 Å². The minimum absolute atomic E-state index is 0.154. The molecule has 164 valence electrons. The summed E-state index contributed by atoms with van der Waals surface area (Å²) in [5.74, 6) is 0.397. The summed E-state index contributed by atoms with van der Waals surface area (Å²) in [6.07, 6.45) is 1.65. The molecule has 0 saturated carbocycles. The average Bonchev–Trinajstić information content (AvgIpc) is 3.19. The van der Waals surface area contributed by atoms with Crippen LogP contribution in [0.3, 0.4) is 0 Å². The maximum absolute atomic E-state index is 12.3. The predicted molar refractivity (Wildman–Crippen MR) is 123 cm³/mol. The maximum Gasteiger partial charge on any atom is 0.232 e. The molecule has 31 heavy (non-hydrogen) atoms. The summed E-state index contributed by atoms with van der Waals surface area (Å²) in [6, 6.07) is 14.6. The fourth-order valence-electron chi connectivity index (χ4n) is 2.89. The van der Waals surface area contributed by atoms with Crippen molar-refractivity contribution in [3.05, 3.63) is 54.1 Å². The quantitative estimate of drug-likeness (QED) is 0.522. The van der Waals surface area contributed by atoms with Crippen LogP contribution in [0.2, 0.25) is 0 Å². The lowest BCUT2D eigenvalue weighted by atomic mass is 10.2. The number of carbonyl (C=O) groups excluding carboxylic acids is 1. The second-order valence-electron chi connectivity index (χ2n) is 6.96. The number of aromatic nitrogens is 2. The Morgan fingerprint density at radius 2 is 1.77 bits per heavy atom. The third-order valence-corrected chi connectivity index (χ3v) is 6.58. The Hall–Kier alpha value is -2.98. The molecule has 0 atom stereocenters. The number of carbonyl (C=O) groups is 1. The lowest BCUT2D eigenvalue weighted by Crippen LogP contribution is -2.31. The van der Waals surface area contributed by atoms with Crippen LogP contribution in [0, 0.1) is 6.92 Å². The average molecular weight is 461 g/mol. The van der Waals surface area contributed by atoms with Crippen molar-refractivity contribution < 1.29 is 17.9 Å². The van der Waals surface area contributed by atoms with Crippen LogP contribution < -0.4 is 14.4 Å². The van der Waals surface area contributed by atoms with Gasteiger partial charge in [-0.1, -0.05) is 41.2 Å². The summed E-state index contributed by atoms with van der Waals surface area (Å²) < 4.78 is 30.8. The zero-order chi connectivity index (χ0) is 22.4. The lowest BCUT2D eigenvalue weighted by molar-refractivity contribution is -0.116. The molecule has 1 amide bonds. The zero-order valence-corrected chi connectivity index (χ0v) is 19.2. The Morgan fingerprint density at radius 3 is 2.39 bits per heavy atom. The minimum Gasteiger partial charge on any atom is -0.497 e. The van der Waals surface area contributed by atoms with Crippen molar-refractivity contribution in [2.45, 2.75) is 19.8 Å². The van der Waals surface area contributed by atoms with E-state index in [1.807, 2.05) is 31.2 Å². The number of hydrogen-bond donors (Lipinski definition) is 1. The summed E-state index contributed by atoms with van der Waals surface area (Å²) >= 11 is 1.29. The number of anilines is 2. The fourth-order valence-corrected chi connectivity index (χ4v) is 4.62. The van der Waals surface area contributed by atoms with Crippen LogP contribution in [0.1, 0.15) is 18.4 Å². The van der Waals surface area contributed by atoms with E-state index < -0.39 is 10.0 Å². The normalized spacial score (nSPS) is 11.2. The molecular formula is C21H24N4O4S2. The topological polar surface area (TPSA) is 101 Å². The largest absolute Gasteiger partial charge is 0.497 e. The summed E-state index contributed by atoms with van der Waals surface area (Å²) in [5.41, 5.74) is 2.61. The van der Waals surface area contributed by atoms with Gasteiger partial charge in [0.25, 0.3) is 0 Å². The van der Waals surface area contributed by atoms with Gasteiger partial charge < -0.3 is 10.1 Å². The van der Waals surface area contributed by atoms with Gasteiger partial charge in [-0.05, 0) is 37.6 Å². The minimum atomic E-state index is -3.48. The van der Waals surface area contributed by atoms with Gasteiger partial charge in [0.1, 0.15) is 10.8 Å². The Kier molecular flexibility index (Phi) is 7.24. The van der Waals surface area contributed by atoms with Gasteiger partial charge in [0, 0.05) is 18.5 Å². The molecule has 1 aromatic heterocycles. The standard InChI is InChI=1S/C21H24N4O4S2/c1-15-6-8-16(9-7-15)20-23-24-21(30-20)22-19(26)5-4-14-25(31(3,27)28)17-10-12-18(29-2)13-11-17/h6-13H,4-5,14H2,1-3H3,(H,22,24,26). The lowest BCUT2D eigenvalue weighted by Gasteiger charge is -2.22.